The number of ether oxygens (including phenoxy) is 1. The van der Waals surface area contributed by atoms with Crippen LogP contribution in [0.4, 0.5) is 0 Å². The van der Waals surface area contributed by atoms with Crippen molar-refractivity contribution in [3.63, 3.8) is 0 Å². The third-order valence-electron chi connectivity index (χ3n) is 2.83. The van der Waals surface area contributed by atoms with Gasteiger partial charge < -0.3 is 20.3 Å². The Labute approximate surface area is 96.8 Å². The first-order valence-corrected chi connectivity index (χ1v) is 5.42. The molecule has 0 aromatic carbocycles. The fourth-order valence-electron chi connectivity index (χ4n) is 1.24. The maximum Gasteiger partial charge on any atom is 0.223 e. The molecular weight excluding hydrogens is 210 g/mol. The Morgan fingerprint density at radius 3 is 2.12 bits per heavy atom. The van der Waals surface area contributed by atoms with Gasteiger partial charge in [-0.25, -0.2) is 0 Å². The maximum absolute atomic E-state index is 11.7. The van der Waals surface area contributed by atoms with E-state index in [0.29, 0.717) is 6.42 Å². The van der Waals surface area contributed by atoms with Crippen molar-refractivity contribution in [1.29, 1.82) is 0 Å². The molecule has 0 radical (unpaired) electrons. The highest BCUT2D eigenvalue weighted by atomic mass is 16.5. The molecule has 0 saturated heterocycles. The van der Waals surface area contributed by atoms with Gasteiger partial charge in [-0.2, -0.15) is 0 Å². The third kappa shape index (κ3) is 4.47. The van der Waals surface area contributed by atoms with Crippen LogP contribution in [0.15, 0.2) is 0 Å². The smallest absolute Gasteiger partial charge is 0.223 e. The molecule has 96 valence electrons. The van der Waals surface area contributed by atoms with Crippen LogP contribution in [0.2, 0.25) is 0 Å². The van der Waals surface area contributed by atoms with E-state index in [1.165, 1.54) is 0 Å². The van der Waals surface area contributed by atoms with E-state index >= 15 is 0 Å². The molecule has 0 bridgehead atoms. The summed E-state index contributed by atoms with van der Waals surface area (Å²) in [5.41, 5.74) is -1.48. The Hall–Kier alpha value is -0.650. The van der Waals surface area contributed by atoms with Crippen LogP contribution in [-0.2, 0) is 9.53 Å². The predicted octanol–water partition coefficient (Wildman–Crippen LogP) is 0.0511. The van der Waals surface area contributed by atoms with Crippen LogP contribution < -0.4 is 5.32 Å². The monoisotopic (exact) mass is 233 g/mol. The number of hydrogen-bond donors (Lipinski definition) is 3. The van der Waals surface area contributed by atoms with Crippen LogP contribution >= 0.6 is 0 Å². The van der Waals surface area contributed by atoms with Crippen molar-refractivity contribution in [2.45, 2.75) is 44.8 Å². The van der Waals surface area contributed by atoms with Crippen molar-refractivity contribution in [2.24, 2.45) is 0 Å². The molecule has 3 N–H and O–H groups in total. The lowest BCUT2D eigenvalue weighted by Gasteiger charge is -2.31. The molecule has 0 spiro atoms. The zero-order chi connectivity index (χ0) is 12.8. The second-order valence-electron chi connectivity index (χ2n) is 4.64. The molecule has 16 heavy (non-hydrogen) atoms. The average Bonchev–Trinajstić information content (AvgIpc) is 2.25. The number of methoxy groups -OCH3 is 1. The summed E-state index contributed by atoms with van der Waals surface area (Å²) < 4.78 is 5.14. The van der Waals surface area contributed by atoms with Crippen LogP contribution in [0.5, 0.6) is 0 Å². The van der Waals surface area contributed by atoms with Gasteiger partial charge >= 0.3 is 0 Å². The molecule has 0 atom stereocenters. The number of nitrogens with one attached hydrogen (secondary N) is 1. The molecule has 1 amide bonds. The molecule has 0 aromatic heterocycles. The first kappa shape index (κ1) is 15.3. The lowest BCUT2D eigenvalue weighted by Crippen LogP contribution is -2.54. The molecule has 5 heteroatoms. The second kappa shape index (κ2) is 6.18. The highest BCUT2D eigenvalue weighted by Crippen LogP contribution is 2.15. The van der Waals surface area contributed by atoms with Crippen molar-refractivity contribution in [3.05, 3.63) is 0 Å². The van der Waals surface area contributed by atoms with E-state index < -0.39 is 11.1 Å². The van der Waals surface area contributed by atoms with Crippen molar-refractivity contribution in [2.75, 3.05) is 20.3 Å². The van der Waals surface area contributed by atoms with E-state index in [-0.39, 0.29) is 25.5 Å². The first-order valence-electron chi connectivity index (χ1n) is 5.42. The standard InChI is InChI=1S/C11H23NO4/c1-5-11(7-13,8-14)12-9(15)6-10(2,3)16-4/h13-14H,5-8H2,1-4H3,(H,12,15). The van der Waals surface area contributed by atoms with Crippen LogP contribution in [0.1, 0.15) is 33.6 Å². The molecule has 0 rings (SSSR count). The van der Waals surface area contributed by atoms with E-state index in [1.807, 2.05) is 0 Å². The Bertz CT molecular complexity index is 216. The molecule has 0 unspecified atom stereocenters. The quantitative estimate of drug-likeness (QED) is 0.580. The van der Waals surface area contributed by atoms with E-state index in [9.17, 15) is 15.0 Å². The summed E-state index contributed by atoms with van der Waals surface area (Å²) in [6.07, 6.45) is 0.657. The molecule has 0 aliphatic carbocycles. The number of carbonyl (C=O) groups excluding carboxylic acids is 1. The van der Waals surface area contributed by atoms with Crippen LogP contribution in [0.3, 0.4) is 0 Å². The SMILES string of the molecule is CCC(CO)(CO)NC(=O)CC(C)(C)OC. The van der Waals surface area contributed by atoms with Crippen LogP contribution in [0, 0.1) is 0 Å². The number of hydrogen-bond acceptors (Lipinski definition) is 4. The lowest BCUT2D eigenvalue weighted by molar-refractivity contribution is -0.129. The topological polar surface area (TPSA) is 78.8 Å². The maximum atomic E-state index is 11.7. The molecule has 0 heterocycles. The average molecular weight is 233 g/mol. The lowest BCUT2D eigenvalue weighted by atomic mass is 9.96. The van der Waals surface area contributed by atoms with Gasteiger partial charge in [0.1, 0.15) is 0 Å². The molecule has 0 saturated carbocycles. The number of amides is 1. The fourth-order valence-corrected chi connectivity index (χ4v) is 1.24. The van der Waals surface area contributed by atoms with Crippen molar-refractivity contribution in [3.8, 4) is 0 Å². The first-order chi connectivity index (χ1) is 7.34. The molecule has 0 aliphatic heterocycles. The van der Waals surface area contributed by atoms with Gasteiger partial charge in [0.15, 0.2) is 0 Å². The normalized spacial score (nSPS) is 12.6. The summed E-state index contributed by atoms with van der Waals surface area (Å²) in [7, 11) is 1.54. The van der Waals surface area contributed by atoms with Crippen LogP contribution in [-0.4, -0.2) is 47.6 Å². The molecule has 5 nitrogen and oxygen atoms in total. The van der Waals surface area contributed by atoms with Gasteiger partial charge in [0.2, 0.25) is 5.91 Å². The third-order valence-corrected chi connectivity index (χ3v) is 2.83. The summed E-state index contributed by atoms with van der Waals surface area (Å²) >= 11 is 0. The zero-order valence-electron chi connectivity index (χ0n) is 10.5. The molecule has 0 fully saturated rings. The summed E-state index contributed by atoms with van der Waals surface area (Å²) in [4.78, 5) is 11.7. The van der Waals surface area contributed by atoms with Crippen molar-refractivity contribution >= 4 is 5.91 Å². The Morgan fingerprint density at radius 1 is 1.31 bits per heavy atom. The number of carbonyl (C=O) groups is 1. The summed E-state index contributed by atoms with van der Waals surface area (Å²) in [6, 6.07) is 0. The summed E-state index contributed by atoms with van der Waals surface area (Å²) in [6.45, 7) is 4.85. The van der Waals surface area contributed by atoms with Gasteiger partial charge in [-0.1, -0.05) is 6.92 Å². The van der Waals surface area contributed by atoms with Crippen LogP contribution in [0.25, 0.3) is 0 Å². The summed E-state index contributed by atoms with van der Waals surface area (Å²) in [5, 5.41) is 21.0. The highest BCUT2D eigenvalue weighted by molar-refractivity contribution is 5.77. The minimum absolute atomic E-state index is 0.186. The van der Waals surface area contributed by atoms with Gasteiger partial charge in [0.05, 0.1) is 30.8 Å². The molecule has 0 aromatic rings. The molecule has 0 aliphatic rings. The minimum atomic E-state index is -0.930. The Balaban J connectivity index is 4.42. The van der Waals surface area contributed by atoms with E-state index in [2.05, 4.69) is 5.32 Å². The van der Waals surface area contributed by atoms with Gasteiger partial charge in [-0.05, 0) is 20.3 Å². The van der Waals surface area contributed by atoms with E-state index in [4.69, 9.17) is 4.74 Å². The second-order valence-corrected chi connectivity index (χ2v) is 4.64. The van der Waals surface area contributed by atoms with E-state index in [0.717, 1.165) is 0 Å². The number of aliphatic hydroxyl groups is 2. The minimum Gasteiger partial charge on any atom is -0.394 e. The van der Waals surface area contributed by atoms with Gasteiger partial charge in [0.25, 0.3) is 0 Å². The largest absolute Gasteiger partial charge is 0.394 e. The Morgan fingerprint density at radius 2 is 1.81 bits per heavy atom. The number of rotatable bonds is 7. The Kier molecular flexibility index (Phi) is 5.92. The van der Waals surface area contributed by atoms with Gasteiger partial charge in [-0.3, -0.25) is 4.79 Å². The van der Waals surface area contributed by atoms with Gasteiger partial charge in [0, 0.05) is 7.11 Å². The van der Waals surface area contributed by atoms with Gasteiger partial charge in [-0.15, -0.1) is 0 Å². The fraction of sp³-hybridized carbons (Fsp3) is 0.909. The van der Waals surface area contributed by atoms with E-state index in [1.54, 1.807) is 27.9 Å². The number of aliphatic hydroxyl groups excluding tert-OH is 2. The van der Waals surface area contributed by atoms with Crippen molar-refractivity contribution in [1.82, 2.24) is 5.32 Å². The molecular formula is C11H23NO4. The zero-order valence-corrected chi connectivity index (χ0v) is 10.5. The highest BCUT2D eigenvalue weighted by Gasteiger charge is 2.30. The predicted molar refractivity (Wildman–Crippen MR) is 61.0 cm³/mol. The summed E-state index contributed by atoms with van der Waals surface area (Å²) in [5.74, 6) is -0.239. The van der Waals surface area contributed by atoms with Crippen molar-refractivity contribution < 1.29 is 19.7 Å².